The van der Waals surface area contributed by atoms with Gasteiger partial charge in [0.1, 0.15) is 26.2 Å². The zero-order valence-corrected chi connectivity index (χ0v) is 31.8. The summed E-state index contributed by atoms with van der Waals surface area (Å²) in [7, 11) is 0. The molecule has 0 atom stereocenters. The molecular formula is C52H38N4O2+2. The first-order chi connectivity index (χ1) is 28.5. The van der Waals surface area contributed by atoms with Gasteiger partial charge in [-0.3, -0.25) is 9.59 Å². The molecule has 8 aromatic carbocycles. The molecule has 0 amide bonds. The highest BCUT2D eigenvalue weighted by Gasteiger charge is 2.49. The maximum absolute atomic E-state index is 15.4. The van der Waals surface area contributed by atoms with Crippen LogP contribution in [0.2, 0.25) is 0 Å². The highest BCUT2D eigenvalue weighted by Crippen LogP contribution is 2.29. The molecule has 0 saturated heterocycles. The van der Waals surface area contributed by atoms with Gasteiger partial charge in [-0.25, -0.2) is 18.3 Å². The number of carbonyl (C=O) groups is 2. The Bertz CT molecular complexity index is 2860. The van der Waals surface area contributed by atoms with Crippen LogP contribution in [0.15, 0.2) is 183 Å². The molecule has 0 N–H and O–H groups in total. The van der Waals surface area contributed by atoms with E-state index in [4.69, 9.17) is 0 Å². The molecule has 2 aromatic heterocycles. The molecule has 0 aliphatic heterocycles. The Morgan fingerprint density at radius 1 is 0.345 bits per heavy atom. The van der Waals surface area contributed by atoms with E-state index >= 15 is 9.59 Å². The molecule has 58 heavy (non-hydrogen) atoms. The molecule has 1 aliphatic rings. The van der Waals surface area contributed by atoms with E-state index in [1.807, 2.05) is 79.5 Å². The van der Waals surface area contributed by atoms with Crippen molar-refractivity contribution in [2.45, 2.75) is 26.2 Å². The second-order valence-corrected chi connectivity index (χ2v) is 15.5. The van der Waals surface area contributed by atoms with Crippen molar-refractivity contribution in [3.8, 4) is 0 Å². The van der Waals surface area contributed by atoms with Crippen LogP contribution in [-0.4, -0.2) is 20.7 Å². The Labute approximate surface area is 335 Å². The lowest BCUT2D eigenvalue weighted by atomic mass is 9.97. The van der Waals surface area contributed by atoms with Crippen molar-refractivity contribution in [3.05, 3.63) is 228 Å². The highest BCUT2D eigenvalue weighted by atomic mass is 16.1. The van der Waals surface area contributed by atoms with Crippen molar-refractivity contribution < 1.29 is 18.7 Å². The lowest BCUT2D eigenvalue weighted by Crippen LogP contribution is -2.46. The van der Waals surface area contributed by atoms with E-state index in [1.165, 1.54) is 0 Å². The van der Waals surface area contributed by atoms with Gasteiger partial charge in [-0.15, -0.1) is 0 Å². The molecule has 0 radical (unpaired) electrons. The molecule has 0 unspecified atom stereocenters. The average molecular weight is 751 g/mol. The van der Waals surface area contributed by atoms with Crippen LogP contribution in [0.25, 0.3) is 43.1 Å². The summed E-state index contributed by atoms with van der Waals surface area (Å²) in [5.74, 6) is -0.304. The van der Waals surface area contributed by atoms with Gasteiger partial charge in [0.25, 0.3) is 11.6 Å². The van der Waals surface area contributed by atoms with E-state index in [1.54, 1.807) is 0 Å². The summed E-state index contributed by atoms with van der Waals surface area (Å²) in [5, 5.41) is 9.16. The number of aromatic nitrogens is 4. The third-order valence-corrected chi connectivity index (χ3v) is 11.7. The summed E-state index contributed by atoms with van der Waals surface area (Å²) in [6.45, 7) is 1.76. The molecule has 0 spiro atoms. The van der Waals surface area contributed by atoms with Gasteiger partial charge in [-0.2, -0.15) is 0 Å². The molecule has 276 valence electrons. The van der Waals surface area contributed by atoms with Crippen LogP contribution in [0.5, 0.6) is 0 Å². The minimum atomic E-state index is -0.152. The molecule has 1 aliphatic carbocycles. The zero-order valence-electron chi connectivity index (χ0n) is 31.8. The van der Waals surface area contributed by atoms with E-state index in [-0.39, 0.29) is 11.6 Å². The van der Waals surface area contributed by atoms with Gasteiger partial charge in [0.2, 0.25) is 35.4 Å². The monoisotopic (exact) mass is 750 g/mol. The van der Waals surface area contributed by atoms with Gasteiger partial charge in [-0.05, 0) is 89.6 Å². The molecular weight excluding hydrogens is 713 g/mol. The van der Waals surface area contributed by atoms with E-state index < -0.39 is 0 Å². The van der Waals surface area contributed by atoms with Crippen molar-refractivity contribution in [1.82, 2.24) is 9.13 Å². The van der Waals surface area contributed by atoms with Gasteiger partial charge in [0, 0.05) is 0 Å². The molecule has 11 rings (SSSR count). The Hall–Kier alpha value is -7.44. The number of nitrogens with zero attached hydrogens (tertiary/aromatic N) is 4. The van der Waals surface area contributed by atoms with Crippen LogP contribution in [0.3, 0.4) is 0 Å². The smallest absolute Gasteiger partial charge is 0.280 e. The Morgan fingerprint density at radius 2 is 0.655 bits per heavy atom. The second kappa shape index (κ2) is 13.6. The van der Waals surface area contributed by atoms with Crippen LogP contribution in [0.4, 0.5) is 0 Å². The summed E-state index contributed by atoms with van der Waals surface area (Å²) in [6, 6.07) is 58.9. The minimum absolute atomic E-state index is 0.152. The predicted octanol–water partition coefficient (Wildman–Crippen LogP) is 9.45. The van der Waals surface area contributed by atoms with E-state index in [0.717, 1.165) is 65.3 Å². The van der Waals surface area contributed by atoms with Crippen molar-refractivity contribution >= 4 is 54.7 Å². The topological polar surface area (TPSA) is 51.8 Å². The van der Waals surface area contributed by atoms with Crippen LogP contribution < -0.4 is 9.13 Å². The third-order valence-electron chi connectivity index (χ3n) is 11.7. The number of benzene rings is 8. The number of imidazole rings is 2. The number of hydrogen-bond donors (Lipinski definition) is 0. The standard InChI is InChI=1S/C52H38N4O2/c57-51-47-48(54(30-36-18-22-40-10-2-6-14-44(40)26-36)33-53(47)29-35-17-21-39-9-1-5-13-43(39)25-35)52(58)50-49(51)55(31-37-19-23-41-11-3-7-15-45(41)27-37)34-56(50)32-38-20-24-42-12-4-8-16-46(42)28-38/h1-28,33-34H,29-32H2/q+2. The summed E-state index contributed by atoms with van der Waals surface area (Å²) in [6.07, 6.45) is 3.94. The highest BCUT2D eigenvalue weighted by molar-refractivity contribution is 6.24. The zero-order chi connectivity index (χ0) is 38.7. The van der Waals surface area contributed by atoms with Crippen molar-refractivity contribution in [2.75, 3.05) is 0 Å². The maximum atomic E-state index is 15.4. The SMILES string of the molecule is O=C1c2c([n+](Cc3ccc4ccccc4c3)cn2Cc2ccc3ccccc3c2)C(=O)c2c1n(Cc1ccc3ccccc3c1)c[n+]2Cc1ccc2ccccc2c1. The summed E-state index contributed by atoms with van der Waals surface area (Å²) < 4.78 is 7.96. The molecule has 6 heteroatoms. The summed E-state index contributed by atoms with van der Waals surface area (Å²) >= 11 is 0. The maximum Gasteiger partial charge on any atom is 0.280 e. The average Bonchev–Trinajstić information content (AvgIpc) is 3.80. The van der Waals surface area contributed by atoms with Crippen LogP contribution in [-0.2, 0) is 26.2 Å². The summed E-state index contributed by atoms with van der Waals surface area (Å²) in [5.41, 5.74) is 5.89. The lowest BCUT2D eigenvalue weighted by Gasteiger charge is -2.11. The fourth-order valence-corrected chi connectivity index (χ4v) is 8.90. The largest absolute Gasteiger partial charge is 0.280 e. The molecule has 0 bridgehead atoms. The van der Waals surface area contributed by atoms with E-state index in [0.29, 0.717) is 49.0 Å². The molecule has 0 fully saturated rings. The van der Waals surface area contributed by atoms with Gasteiger partial charge >= 0.3 is 0 Å². The first-order valence-electron chi connectivity index (χ1n) is 19.8. The Morgan fingerprint density at radius 3 is 1.02 bits per heavy atom. The quantitative estimate of drug-likeness (QED) is 0.145. The first kappa shape index (κ1) is 33.9. The molecule has 6 nitrogen and oxygen atoms in total. The van der Waals surface area contributed by atoms with Crippen LogP contribution >= 0.6 is 0 Å². The molecule has 10 aromatic rings. The number of rotatable bonds is 8. The number of carbonyl (C=O) groups excluding carboxylic acids is 2. The lowest BCUT2D eigenvalue weighted by molar-refractivity contribution is -0.696. The molecule has 2 heterocycles. The predicted molar refractivity (Wildman–Crippen MR) is 228 cm³/mol. The number of ketones is 2. The van der Waals surface area contributed by atoms with Crippen molar-refractivity contribution in [3.63, 3.8) is 0 Å². The number of fused-ring (bicyclic) bond motifs is 6. The third kappa shape index (κ3) is 5.89. The van der Waals surface area contributed by atoms with Crippen molar-refractivity contribution in [1.29, 1.82) is 0 Å². The van der Waals surface area contributed by atoms with Crippen LogP contribution in [0.1, 0.15) is 54.6 Å². The van der Waals surface area contributed by atoms with Gasteiger partial charge in [0.15, 0.2) is 0 Å². The van der Waals surface area contributed by atoms with Gasteiger partial charge in [0.05, 0.1) is 0 Å². The Kier molecular flexibility index (Phi) is 7.96. The second-order valence-electron chi connectivity index (χ2n) is 15.5. The normalized spacial score (nSPS) is 12.5. The Balaban J connectivity index is 1.07. The van der Waals surface area contributed by atoms with Gasteiger partial charge < -0.3 is 0 Å². The van der Waals surface area contributed by atoms with E-state index in [9.17, 15) is 0 Å². The fourth-order valence-electron chi connectivity index (χ4n) is 8.90. The number of hydrogen-bond acceptors (Lipinski definition) is 2. The first-order valence-corrected chi connectivity index (χ1v) is 19.8. The summed E-state index contributed by atoms with van der Waals surface area (Å²) in [4.78, 5) is 30.7. The molecule has 0 saturated carbocycles. The van der Waals surface area contributed by atoms with Crippen molar-refractivity contribution in [2.24, 2.45) is 0 Å². The fraction of sp³-hybridized carbons (Fsp3) is 0.0769. The van der Waals surface area contributed by atoms with E-state index in [2.05, 4.69) is 121 Å². The van der Waals surface area contributed by atoms with Gasteiger partial charge in [-0.1, -0.05) is 146 Å². The van der Waals surface area contributed by atoms with Crippen LogP contribution in [0, 0.1) is 0 Å². The minimum Gasteiger partial charge on any atom is -0.280 e.